The van der Waals surface area contributed by atoms with Crippen LogP contribution in [0.3, 0.4) is 0 Å². The second kappa shape index (κ2) is 18.4. The van der Waals surface area contributed by atoms with Gasteiger partial charge in [-0.15, -0.1) is 0 Å². The highest BCUT2D eigenvalue weighted by Gasteiger charge is 2.41. The zero-order valence-corrected chi connectivity index (χ0v) is 39.4. The molecule has 0 spiro atoms. The maximum atomic E-state index is 14.2. The predicted molar refractivity (Wildman–Crippen MR) is 249 cm³/mol. The summed E-state index contributed by atoms with van der Waals surface area (Å²) in [5, 5.41) is 11.1. The number of carbonyl (C=O) groups excluding carboxylic acids is 2. The van der Waals surface area contributed by atoms with Crippen molar-refractivity contribution in [3.63, 3.8) is 0 Å². The molecule has 4 aliphatic rings. The van der Waals surface area contributed by atoms with Crippen LogP contribution in [-0.4, -0.2) is 53.1 Å². The molecule has 70 heavy (non-hydrogen) atoms. The van der Waals surface area contributed by atoms with Crippen LogP contribution in [0, 0.1) is 39.3 Å². The molecule has 1 N–H and O–H groups in total. The van der Waals surface area contributed by atoms with E-state index in [1.54, 1.807) is 0 Å². The molecule has 0 bridgehead atoms. The number of aromatic nitrogens is 6. The molecule has 2 amide bonds. The minimum atomic E-state index is -2.71. The first kappa shape index (κ1) is 47.2. The van der Waals surface area contributed by atoms with E-state index in [9.17, 15) is 35.9 Å². The van der Waals surface area contributed by atoms with Crippen molar-refractivity contribution in [2.24, 2.45) is 0 Å². The second-order valence-corrected chi connectivity index (χ2v) is 19.4. The molecule has 2 saturated heterocycles. The molecule has 3 aromatic carbocycles. The van der Waals surface area contributed by atoms with Gasteiger partial charge in [0.1, 0.15) is 23.2 Å². The number of nitrogens with one attached hydrogen (secondary N) is 1. The van der Waals surface area contributed by atoms with Gasteiger partial charge in [-0.1, -0.05) is 22.4 Å². The van der Waals surface area contributed by atoms with Gasteiger partial charge >= 0.3 is 0 Å². The van der Waals surface area contributed by atoms with Crippen LogP contribution >= 0.6 is 0 Å². The summed E-state index contributed by atoms with van der Waals surface area (Å²) >= 11 is 0. The topological polar surface area (TPSA) is 137 Å². The van der Waals surface area contributed by atoms with E-state index < -0.39 is 29.5 Å². The number of fused-ring (bicyclic) bond motifs is 2. The number of carbonyl (C=O) groups is 2. The highest BCUT2D eigenvalue weighted by atomic mass is 19.3. The minimum Gasteiger partial charge on any atom is -0.361 e. The SMILES string of the molecule is Cc1noc(C)c1-c1ccc2c(c1)nc([C@@H]1CCCC(=O)N1)n2C1CCC(F)(F)CC1.Cc1noc(C)c1-c1ccc2c(c1)nc([C@@H]1CCCC(=O)N1c1ccc(F)c(F)c1)n2C1CCC(F)(F)CC1. The number of amides is 2. The Labute approximate surface area is 399 Å². The number of hydrogen-bond donors (Lipinski definition) is 1. The highest BCUT2D eigenvalue weighted by molar-refractivity contribution is 5.95. The van der Waals surface area contributed by atoms with E-state index in [1.807, 2.05) is 68.7 Å². The first-order chi connectivity index (χ1) is 33.4. The molecule has 2 aliphatic carbocycles. The Morgan fingerprint density at radius 3 is 1.63 bits per heavy atom. The first-order valence-electron chi connectivity index (χ1n) is 24.2. The van der Waals surface area contributed by atoms with Crippen molar-refractivity contribution in [3.05, 3.63) is 101 Å². The van der Waals surface area contributed by atoms with Crippen molar-refractivity contribution >= 4 is 39.6 Å². The van der Waals surface area contributed by atoms with Crippen molar-refractivity contribution < 1.29 is 45.0 Å². The molecule has 2 aliphatic heterocycles. The fourth-order valence-electron chi connectivity index (χ4n) is 11.2. The summed E-state index contributed by atoms with van der Waals surface area (Å²) in [5.41, 5.74) is 8.57. The third-order valence-electron chi connectivity index (χ3n) is 14.7. The number of anilines is 1. The Morgan fingerprint density at radius 1 is 0.614 bits per heavy atom. The lowest BCUT2D eigenvalue weighted by Crippen LogP contribution is -2.40. The van der Waals surface area contributed by atoms with Gasteiger partial charge in [-0.05, 0) is 127 Å². The molecular formula is C52H54F6N8O4. The van der Waals surface area contributed by atoms with Crippen LogP contribution in [0.1, 0.15) is 149 Å². The van der Waals surface area contributed by atoms with Gasteiger partial charge < -0.3 is 28.4 Å². The van der Waals surface area contributed by atoms with Crippen LogP contribution in [0.4, 0.5) is 32.0 Å². The molecule has 4 fully saturated rings. The number of rotatable bonds is 7. The lowest BCUT2D eigenvalue weighted by Gasteiger charge is -2.37. The minimum absolute atomic E-state index is 0.0152. The fourth-order valence-corrected chi connectivity index (χ4v) is 11.2. The summed E-state index contributed by atoms with van der Waals surface area (Å²) < 4.78 is 98.6. The van der Waals surface area contributed by atoms with E-state index >= 15 is 0 Å². The molecule has 2 atom stereocenters. The zero-order valence-electron chi connectivity index (χ0n) is 39.4. The van der Waals surface area contributed by atoms with Gasteiger partial charge in [-0.3, -0.25) is 9.59 Å². The average Bonchev–Trinajstić information content (AvgIpc) is 4.09. The molecule has 368 valence electrons. The Morgan fingerprint density at radius 2 is 1.13 bits per heavy atom. The van der Waals surface area contributed by atoms with Crippen molar-refractivity contribution in [1.82, 2.24) is 34.7 Å². The maximum absolute atomic E-state index is 14.2. The van der Waals surface area contributed by atoms with Crippen molar-refractivity contribution in [3.8, 4) is 22.3 Å². The Hall–Kier alpha value is -6.46. The van der Waals surface area contributed by atoms with Crippen molar-refractivity contribution in [2.45, 2.75) is 154 Å². The number of hydrogen-bond acceptors (Lipinski definition) is 8. The lowest BCUT2D eigenvalue weighted by atomic mass is 9.91. The molecule has 0 unspecified atom stereocenters. The van der Waals surface area contributed by atoms with Gasteiger partial charge in [0.25, 0.3) is 0 Å². The van der Waals surface area contributed by atoms with Crippen LogP contribution in [0.2, 0.25) is 0 Å². The maximum Gasteiger partial charge on any atom is 0.248 e. The van der Waals surface area contributed by atoms with Gasteiger partial charge in [0.15, 0.2) is 11.6 Å². The zero-order chi connectivity index (χ0) is 49.2. The quantitative estimate of drug-likeness (QED) is 0.156. The standard InChI is InChI=1S/C29H28F4N4O2.C23H26F2N4O2/c1-16-27(17(2)39-35-16)18-6-9-24-23(14-18)34-28(37(24)19-10-12-29(32,33)13-11-19)25-4-3-5-26(38)36(25)20-7-8-21(30)22(31)15-20;1-13-21(14(2)31-28-13)15-6-7-19-18(12-15)27-22(17-4-3-5-20(30)26-17)29(19)16-8-10-23(24,25)11-9-16/h6-9,14-15,19,25H,3-5,10-13H2,1-2H3;6-7,12,16-17H,3-5,8-11H2,1-2H3,(H,26,30)/t25-;17-/m00/s1. The summed E-state index contributed by atoms with van der Waals surface area (Å²) in [6.45, 7) is 7.47. The van der Waals surface area contributed by atoms with Gasteiger partial charge in [-0.2, -0.15) is 0 Å². The summed E-state index contributed by atoms with van der Waals surface area (Å²) in [6.07, 6.45) is 4.16. The number of piperidine rings is 2. The van der Waals surface area contributed by atoms with E-state index in [-0.39, 0.29) is 80.6 Å². The Bertz CT molecular complexity index is 3080. The second-order valence-electron chi connectivity index (χ2n) is 19.4. The van der Waals surface area contributed by atoms with Gasteiger partial charge in [0.05, 0.1) is 45.5 Å². The summed E-state index contributed by atoms with van der Waals surface area (Å²) in [6, 6.07) is 14.2. The van der Waals surface area contributed by atoms with Crippen LogP contribution in [0.5, 0.6) is 0 Å². The van der Waals surface area contributed by atoms with Crippen molar-refractivity contribution in [1.29, 1.82) is 0 Å². The monoisotopic (exact) mass is 968 g/mol. The molecule has 12 nitrogen and oxygen atoms in total. The van der Waals surface area contributed by atoms with Crippen molar-refractivity contribution in [2.75, 3.05) is 4.90 Å². The summed E-state index contributed by atoms with van der Waals surface area (Å²) in [7, 11) is 0. The van der Waals surface area contributed by atoms with Gasteiger partial charge in [0, 0.05) is 73.5 Å². The largest absolute Gasteiger partial charge is 0.361 e. The normalized spacial score (nSPS) is 21.0. The van der Waals surface area contributed by atoms with E-state index in [1.165, 1.54) is 11.0 Å². The molecular weight excluding hydrogens is 915 g/mol. The third-order valence-corrected chi connectivity index (χ3v) is 14.7. The molecule has 6 heterocycles. The van der Waals surface area contributed by atoms with Gasteiger partial charge in [0.2, 0.25) is 23.7 Å². The number of halogens is 6. The molecule has 7 aromatic rings. The van der Waals surface area contributed by atoms with Crippen LogP contribution in [0.25, 0.3) is 44.3 Å². The summed E-state index contributed by atoms with van der Waals surface area (Å²) in [4.78, 5) is 36.7. The number of benzene rings is 3. The molecule has 11 rings (SSSR count). The molecule has 4 aromatic heterocycles. The summed E-state index contributed by atoms with van der Waals surface area (Å²) in [5.74, 6) is -4.80. The smallest absolute Gasteiger partial charge is 0.248 e. The lowest BCUT2D eigenvalue weighted by molar-refractivity contribution is -0.123. The molecule has 18 heteroatoms. The first-order valence-corrected chi connectivity index (χ1v) is 24.2. The number of alkyl halides is 4. The molecule has 2 saturated carbocycles. The van der Waals surface area contributed by atoms with E-state index in [4.69, 9.17) is 19.0 Å². The fraction of sp³-hybridized carbons (Fsp3) is 0.462. The van der Waals surface area contributed by atoms with Crippen LogP contribution < -0.4 is 10.2 Å². The number of nitrogens with zero attached hydrogens (tertiary/aromatic N) is 7. The number of imidazole rings is 2. The number of aryl methyl sites for hydroxylation is 4. The van der Waals surface area contributed by atoms with Crippen LogP contribution in [0.15, 0.2) is 63.6 Å². The average molecular weight is 969 g/mol. The van der Waals surface area contributed by atoms with Gasteiger partial charge in [-0.25, -0.2) is 36.3 Å². The van der Waals surface area contributed by atoms with Crippen LogP contribution in [-0.2, 0) is 9.59 Å². The van der Waals surface area contributed by atoms with E-state index in [0.29, 0.717) is 49.2 Å². The van der Waals surface area contributed by atoms with E-state index in [0.717, 1.165) is 86.8 Å². The Balaban J connectivity index is 0.000000166. The van der Waals surface area contributed by atoms with E-state index in [2.05, 4.69) is 20.2 Å². The third kappa shape index (κ3) is 8.97. The highest BCUT2D eigenvalue weighted by Crippen LogP contribution is 2.46. The Kier molecular flexibility index (Phi) is 12.4. The predicted octanol–water partition coefficient (Wildman–Crippen LogP) is 13.0. The molecule has 0 radical (unpaired) electrons.